The highest BCUT2D eigenvalue weighted by Gasteiger charge is 2.13. The number of pyridine rings is 1. The maximum absolute atomic E-state index is 6.07. The highest BCUT2D eigenvalue weighted by atomic mass is 35.5. The molecule has 2 rings (SSSR count). The number of halogens is 1. The first-order valence-corrected chi connectivity index (χ1v) is 11.3. The molecule has 0 aliphatic heterocycles. The van der Waals surface area contributed by atoms with Crippen LogP contribution in [-0.4, -0.2) is 30.8 Å². The zero-order valence-electron chi connectivity index (χ0n) is 13.1. The molecule has 0 fully saturated rings. The first-order valence-electron chi connectivity index (χ1n) is 7.26. The highest BCUT2D eigenvalue weighted by molar-refractivity contribution is 6.76. The third-order valence-electron chi connectivity index (χ3n) is 3.19. The second-order valence-electron chi connectivity index (χ2n) is 6.25. The topological polar surface area (TPSA) is 36.3 Å². The van der Waals surface area contributed by atoms with E-state index in [9.17, 15) is 0 Å². The fraction of sp³-hybridized carbons (Fsp3) is 0.533. The Bertz CT molecular complexity index is 607. The van der Waals surface area contributed by atoms with Gasteiger partial charge in [-0.3, -0.25) is 0 Å². The van der Waals surface area contributed by atoms with Crippen molar-refractivity contribution in [1.29, 1.82) is 0 Å². The molecular weight excluding hydrogens is 304 g/mol. The van der Waals surface area contributed by atoms with Gasteiger partial charge in [-0.15, -0.1) is 0 Å². The molecule has 116 valence electrons. The second kappa shape index (κ2) is 6.81. The summed E-state index contributed by atoms with van der Waals surface area (Å²) in [5.74, 6) is 0.772. The van der Waals surface area contributed by atoms with Crippen molar-refractivity contribution < 1.29 is 9.47 Å². The van der Waals surface area contributed by atoms with Gasteiger partial charge in [0, 0.05) is 26.9 Å². The van der Waals surface area contributed by atoms with Gasteiger partial charge in [-0.25, -0.2) is 4.98 Å². The van der Waals surface area contributed by atoms with E-state index in [1.165, 1.54) is 0 Å². The van der Waals surface area contributed by atoms with Crippen LogP contribution < -0.4 is 4.74 Å². The fourth-order valence-corrected chi connectivity index (χ4v) is 2.96. The lowest BCUT2D eigenvalue weighted by Crippen LogP contribution is -2.22. The third kappa shape index (κ3) is 4.46. The summed E-state index contributed by atoms with van der Waals surface area (Å²) in [6.45, 7) is 10.9. The lowest BCUT2D eigenvalue weighted by Gasteiger charge is -2.15. The van der Waals surface area contributed by atoms with Crippen molar-refractivity contribution in [3.05, 3.63) is 23.5 Å². The van der Waals surface area contributed by atoms with E-state index >= 15 is 0 Å². The average molecular weight is 327 g/mol. The zero-order valence-corrected chi connectivity index (χ0v) is 14.9. The predicted molar refractivity (Wildman–Crippen MR) is 90.0 cm³/mol. The van der Waals surface area contributed by atoms with Gasteiger partial charge >= 0.3 is 0 Å². The number of aromatic nitrogens is 2. The van der Waals surface area contributed by atoms with E-state index in [1.54, 1.807) is 6.07 Å². The van der Waals surface area contributed by atoms with Crippen LogP contribution in [0.1, 0.15) is 6.92 Å². The molecule has 0 unspecified atom stereocenters. The van der Waals surface area contributed by atoms with Crippen LogP contribution in [-0.2, 0) is 11.5 Å². The van der Waals surface area contributed by atoms with Gasteiger partial charge in [0.05, 0.1) is 12.0 Å². The molecule has 0 amide bonds. The van der Waals surface area contributed by atoms with Gasteiger partial charge in [-0.2, -0.15) is 0 Å². The van der Waals surface area contributed by atoms with Gasteiger partial charge in [-0.05, 0) is 19.0 Å². The molecule has 0 aromatic carbocycles. The fourth-order valence-electron chi connectivity index (χ4n) is 2.02. The number of fused-ring (bicyclic) bond motifs is 1. The number of hydrogen-bond acceptors (Lipinski definition) is 3. The van der Waals surface area contributed by atoms with E-state index in [0.717, 1.165) is 29.4 Å². The number of ether oxygens (including phenoxy) is 2. The molecule has 0 saturated heterocycles. The normalized spacial score (nSPS) is 12.0. The Labute approximate surface area is 132 Å². The van der Waals surface area contributed by atoms with Crippen LogP contribution in [0.5, 0.6) is 5.75 Å². The van der Waals surface area contributed by atoms with Crippen LogP contribution in [0.2, 0.25) is 30.8 Å². The molecule has 2 aromatic heterocycles. The molecule has 0 aliphatic rings. The van der Waals surface area contributed by atoms with Gasteiger partial charge in [-0.1, -0.05) is 31.2 Å². The molecule has 0 N–H and O–H groups in total. The highest BCUT2D eigenvalue weighted by Crippen LogP contribution is 2.28. The van der Waals surface area contributed by atoms with Gasteiger partial charge in [0.25, 0.3) is 0 Å². The molecule has 0 radical (unpaired) electrons. The Morgan fingerprint density at radius 1 is 1.33 bits per heavy atom. The zero-order chi connectivity index (χ0) is 15.5. The van der Waals surface area contributed by atoms with Crippen molar-refractivity contribution in [3.8, 4) is 5.75 Å². The first-order chi connectivity index (χ1) is 9.90. The van der Waals surface area contributed by atoms with Crippen molar-refractivity contribution >= 4 is 30.7 Å². The van der Waals surface area contributed by atoms with Crippen molar-refractivity contribution in [3.63, 3.8) is 0 Å². The molecule has 2 heterocycles. The number of nitrogens with zero attached hydrogens (tertiary/aromatic N) is 2. The standard InChI is InChI=1S/C15H23ClN2O2Si/c1-5-20-13-10-14(16)17-15-12(13)6-7-18(15)11-19-8-9-21(2,3)4/h6-7,10H,5,8-9,11H2,1-4H3. The van der Waals surface area contributed by atoms with Crippen molar-refractivity contribution in [2.75, 3.05) is 13.2 Å². The summed E-state index contributed by atoms with van der Waals surface area (Å²) in [7, 11) is -1.05. The summed E-state index contributed by atoms with van der Waals surface area (Å²) in [5, 5.41) is 1.41. The van der Waals surface area contributed by atoms with E-state index in [1.807, 2.05) is 23.8 Å². The Morgan fingerprint density at radius 3 is 2.76 bits per heavy atom. The molecule has 21 heavy (non-hydrogen) atoms. The molecular formula is C15H23ClN2O2Si. The monoisotopic (exact) mass is 326 g/mol. The van der Waals surface area contributed by atoms with E-state index in [-0.39, 0.29) is 0 Å². The Balaban J connectivity index is 2.11. The van der Waals surface area contributed by atoms with Crippen molar-refractivity contribution in [1.82, 2.24) is 9.55 Å². The predicted octanol–water partition coefficient (Wildman–Crippen LogP) is 4.40. The summed E-state index contributed by atoms with van der Waals surface area (Å²) in [4.78, 5) is 4.38. The first kappa shape index (κ1) is 16.3. The lowest BCUT2D eigenvalue weighted by atomic mass is 10.3. The molecule has 0 atom stereocenters. The number of hydrogen-bond donors (Lipinski definition) is 0. The minimum atomic E-state index is -1.05. The van der Waals surface area contributed by atoms with Crippen molar-refractivity contribution in [2.24, 2.45) is 0 Å². The quantitative estimate of drug-likeness (QED) is 0.430. The molecule has 0 spiro atoms. The smallest absolute Gasteiger partial charge is 0.147 e. The summed E-state index contributed by atoms with van der Waals surface area (Å²) in [5.41, 5.74) is 0.805. The van der Waals surface area contributed by atoms with E-state index in [0.29, 0.717) is 18.5 Å². The summed E-state index contributed by atoms with van der Waals surface area (Å²) in [6.07, 6.45) is 1.96. The summed E-state index contributed by atoms with van der Waals surface area (Å²) < 4.78 is 13.4. The maximum atomic E-state index is 6.07. The van der Waals surface area contributed by atoms with Gasteiger partial charge in [0.2, 0.25) is 0 Å². The van der Waals surface area contributed by atoms with E-state index in [4.69, 9.17) is 21.1 Å². The molecule has 4 nitrogen and oxygen atoms in total. The Morgan fingerprint density at radius 2 is 2.10 bits per heavy atom. The van der Waals surface area contributed by atoms with Crippen LogP contribution in [0.3, 0.4) is 0 Å². The van der Waals surface area contributed by atoms with Gasteiger partial charge in [0.15, 0.2) is 0 Å². The van der Waals surface area contributed by atoms with Crippen LogP contribution in [0, 0.1) is 0 Å². The van der Waals surface area contributed by atoms with Crippen LogP contribution in [0.4, 0.5) is 0 Å². The third-order valence-corrected chi connectivity index (χ3v) is 5.09. The average Bonchev–Trinajstić information content (AvgIpc) is 2.77. The molecule has 0 aliphatic carbocycles. The summed E-state index contributed by atoms with van der Waals surface area (Å²) in [6, 6.07) is 4.90. The Kier molecular flexibility index (Phi) is 5.30. The molecule has 0 saturated carbocycles. The molecule has 6 heteroatoms. The van der Waals surface area contributed by atoms with E-state index in [2.05, 4.69) is 24.6 Å². The van der Waals surface area contributed by atoms with Crippen molar-refractivity contribution in [2.45, 2.75) is 39.3 Å². The van der Waals surface area contributed by atoms with E-state index < -0.39 is 8.07 Å². The maximum Gasteiger partial charge on any atom is 0.147 e. The largest absolute Gasteiger partial charge is 0.493 e. The van der Waals surface area contributed by atoms with Crippen LogP contribution in [0.25, 0.3) is 11.0 Å². The van der Waals surface area contributed by atoms with Crippen LogP contribution in [0.15, 0.2) is 18.3 Å². The number of rotatable bonds is 7. The molecule has 0 bridgehead atoms. The SMILES string of the molecule is CCOc1cc(Cl)nc2c1ccn2COCC[Si](C)(C)C. The van der Waals surface area contributed by atoms with Gasteiger partial charge < -0.3 is 14.0 Å². The minimum absolute atomic E-state index is 0.438. The summed E-state index contributed by atoms with van der Waals surface area (Å²) >= 11 is 6.07. The minimum Gasteiger partial charge on any atom is -0.493 e. The molecule has 2 aromatic rings. The van der Waals surface area contributed by atoms with Crippen LogP contribution >= 0.6 is 11.6 Å². The lowest BCUT2D eigenvalue weighted by molar-refractivity contribution is 0.0899. The second-order valence-corrected chi connectivity index (χ2v) is 12.3. The Hall–Kier alpha value is -1.04. The van der Waals surface area contributed by atoms with Gasteiger partial charge in [0.1, 0.15) is 23.3 Å².